The Morgan fingerprint density at radius 1 is 0.909 bits per heavy atom. The van der Waals surface area contributed by atoms with E-state index in [1.165, 1.54) is 11.1 Å². The third kappa shape index (κ3) is 9.37. The number of hydrogen-bond donors (Lipinski definition) is 0. The van der Waals surface area contributed by atoms with Crippen LogP contribution in [-0.2, 0) is 19.1 Å². The van der Waals surface area contributed by atoms with Gasteiger partial charge in [0.1, 0.15) is 0 Å². The average Bonchev–Trinajstić information content (AvgIpc) is 2.43. The lowest BCUT2D eigenvalue weighted by Gasteiger charge is -2.13. The Labute approximate surface area is 134 Å². The molecule has 0 radical (unpaired) electrons. The minimum Gasteiger partial charge on any atom is -0.465 e. The molecule has 0 N–H and O–H groups in total. The van der Waals surface area contributed by atoms with Gasteiger partial charge in [-0.1, -0.05) is 23.3 Å². The molecule has 0 spiro atoms. The van der Waals surface area contributed by atoms with Gasteiger partial charge in [0.2, 0.25) is 0 Å². The molecule has 0 saturated heterocycles. The number of ether oxygens (including phenoxy) is 2. The smallest absolute Gasteiger partial charge is 0.320 e. The van der Waals surface area contributed by atoms with Crippen molar-refractivity contribution in [3.05, 3.63) is 23.3 Å². The highest BCUT2D eigenvalue weighted by atomic mass is 16.6. The summed E-state index contributed by atoms with van der Waals surface area (Å²) in [5, 5.41) is 0. The van der Waals surface area contributed by atoms with Crippen LogP contribution in [-0.4, -0.2) is 25.2 Å². The van der Waals surface area contributed by atoms with Crippen molar-refractivity contribution in [2.75, 3.05) is 13.2 Å². The van der Waals surface area contributed by atoms with Gasteiger partial charge in [0.05, 0.1) is 13.2 Å². The van der Waals surface area contributed by atoms with Crippen molar-refractivity contribution >= 4 is 11.9 Å². The molecule has 0 fully saturated rings. The number of rotatable bonds is 10. The van der Waals surface area contributed by atoms with Crippen molar-refractivity contribution < 1.29 is 19.1 Å². The first-order valence-electron chi connectivity index (χ1n) is 8.04. The number of hydrogen-bond acceptors (Lipinski definition) is 4. The first kappa shape index (κ1) is 20.4. The van der Waals surface area contributed by atoms with E-state index >= 15 is 0 Å². The largest absolute Gasteiger partial charge is 0.465 e. The second-order valence-electron chi connectivity index (χ2n) is 5.50. The second-order valence-corrected chi connectivity index (χ2v) is 5.50. The van der Waals surface area contributed by atoms with E-state index < -0.39 is 17.9 Å². The molecule has 0 unspecified atom stereocenters. The van der Waals surface area contributed by atoms with E-state index in [4.69, 9.17) is 9.47 Å². The highest BCUT2D eigenvalue weighted by molar-refractivity contribution is 5.94. The number of esters is 2. The third-order valence-electron chi connectivity index (χ3n) is 3.18. The van der Waals surface area contributed by atoms with E-state index in [9.17, 15) is 9.59 Å². The van der Waals surface area contributed by atoms with E-state index in [1.54, 1.807) is 13.8 Å². The van der Waals surface area contributed by atoms with Crippen molar-refractivity contribution in [1.82, 2.24) is 0 Å². The van der Waals surface area contributed by atoms with Gasteiger partial charge in [0, 0.05) is 0 Å². The summed E-state index contributed by atoms with van der Waals surface area (Å²) in [4.78, 5) is 23.7. The summed E-state index contributed by atoms with van der Waals surface area (Å²) in [5.74, 6) is -1.80. The minimum atomic E-state index is -0.818. The topological polar surface area (TPSA) is 52.6 Å². The van der Waals surface area contributed by atoms with Crippen LogP contribution in [0.1, 0.15) is 60.3 Å². The molecule has 126 valence electrons. The van der Waals surface area contributed by atoms with Crippen molar-refractivity contribution in [3.8, 4) is 0 Å². The van der Waals surface area contributed by atoms with Crippen LogP contribution in [0.5, 0.6) is 0 Å². The Bertz CT molecular complexity index is 385. The van der Waals surface area contributed by atoms with Crippen LogP contribution >= 0.6 is 0 Å². The first-order valence-corrected chi connectivity index (χ1v) is 8.04. The fourth-order valence-electron chi connectivity index (χ4n) is 2.00. The fourth-order valence-corrected chi connectivity index (χ4v) is 2.00. The summed E-state index contributed by atoms with van der Waals surface area (Å²) in [7, 11) is 0. The lowest BCUT2D eigenvalue weighted by atomic mass is 10.0. The van der Waals surface area contributed by atoms with E-state index in [1.807, 2.05) is 0 Å². The third-order valence-corrected chi connectivity index (χ3v) is 3.18. The fraction of sp³-hybridized carbons (Fsp3) is 0.667. The van der Waals surface area contributed by atoms with Gasteiger partial charge in [-0.3, -0.25) is 9.59 Å². The summed E-state index contributed by atoms with van der Waals surface area (Å²) in [6, 6.07) is 0. The Kier molecular flexibility index (Phi) is 11.2. The van der Waals surface area contributed by atoms with Crippen LogP contribution < -0.4 is 0 Å². The highest BCUT2D eigenvalue weighted by Gasteiger charge is 2.28. The predicted molar refractivity (Wildman–Crippen MR) is 88.4 cm³/mol. The molecule has 0 amide bonds. The Hall–Kier alpha value is -1.58. The normalized spacial score (nSPS) is 11.3. The lowest BCUT2D eigenvalue weighted by Crippen LogP contribution is -2.28. The number of carbonyl (C=O) groups excluding carboxylic acids is 2. The molecule has 0 aromatic rings. The molecule has 4 nitrogen and oxygen atoms in total. The van der Waals surface area contributed by atoms with Gasteiger partial charge in [0.15, 0.2) is 5.92 Å². The van der Waals surface area contributed by atoms with Gasteiger partial charge >= 0.3 is 11.9 Å². The highest BCUT2D eigenvalue weighted by Crippen LogP contribution is 2.15. The molecule has 0 atom stereocenters. The Morgan fingerprint density at radius 3 is 1.91 bits per heavy atom. The van der Waals surface area contributed by atoms with Crippen LogP contribution in [0.25, 0.3) is 0 Å². The molecule has 0 aliphatic carbocycles. The molecule has 0 heterocycles. The average molecular weight is 310 g/mol. The molecule has 4 heteroatoms. The zero-order valence-corrected chi connectivity index (χ0v) is 14.6. The maximum absolute atomic E-state index is 11.8. The van der Waals surface area contributed by atoms with Crippen molar-refractivity contribution in [3.63, 3.8) is 0 Å². The Balaban J connectivity index is 4.46. The van der Waals surface area contributed by atoms with Gasteiger partial charge in [-0.25, -0.2) is 0 Å². The summed E-state index contributed by atoms with van der Waals surface area (Å²) in [5.41, 5.74) is 2.58. The lowest BCUT2D eigenvalue weighted by molar-refractivity contribution is -0.161. The number of carbonyl (C=O) groups is 2. The van der Waals surface area contributed by atoms with Gasteiger partial charge in [-0.05, 0) is 60.3 Å². The maximum atomic E-state index is 11.8. The summed E-state index contributed by atoms with van der Waals surface area (Å²) >= 11 is 0. The molecule has 0 aliphatic rings. The van der Waals surface area contributed by atoms with Gasteiger partial charge < -0.3 is 9.47 Å². The van der Waals surface area contributed by atoms with Crippen LogP contribution in [0.15, 0.2) is 23.3 Å². The van der Waals surface area contributed by atoms with Gasteiger partial charge in [-0.2, -0.15) is 0 Å². The summed E-state index contributed by atoms with van der Waals surface area (Å²) in [6.45, 7) is 10.2. The van der Waals surface area contributed by atoms with Crippen molar-refractivity contribution in [2.24, 2.45) is 5.92 Å². The monoisotopic (exact) mass is 310 g/mol. The SMILES string of the molecule is CCOC(=O)C(CC/C=C(\C)CCC=C(C)C)C(=O)OCC. The zero-order chi connectivity index (χ0) is 17.0. The summed E-state index contributed by atoms with van der Waals surface area (Å²) in [6.07, 6.45) is 7.40. The Morgan fingerprint density at radius 2 is 1.45 bits per heavy atom. The quantitative estimate of drug-likeness (QED) is 0.345. The summed E-state index contributed by atoms with van der Waals surface area (Å²) < 4.78 is 9.90. The molecule has 0 saturated carbocycles. The van der Waals surface area contributed by atoms with Crippen LogP contribution in [0, 0.1) is 5.92 Å². The minimum absolute atomic E-state index is 0.270. The van der Waals surface area contributed by atoms with E-state index in [-0.39, 0.29) is 13.2 Å². The second kappa shape index (κ2) is 12.0. The van der Waals surface area contributed by atoms with E-state index in [0.717, 1.165) is 12.8 Å². The van der Waals surface area contributed by atoms with Crippen LogP contribution in [0.2, 0.25) is 0 Å². The maximum Gasteiger partial charge on any atom is 0.320 e. The standard InChI is InChI=1S/C18H30O4/c1-6-21-17(19)16(18(20)22-7-2)13-9-12-15(5)11-8-10-14(3)4/h10,12,16H,6-9,11,13H2,1-5H3/b15-12+. The van der Waals surface area contributed by atoms with Gasteiger partial charge in [-0.15, -0.1) is 0 Å². The molecule has 0 aliphatic heterocycles. The molecule has 0 aromatic carbocycles. The first-order chi connectivity index (χ1) is 10.4. The van der Waals surface area contributed by atoms with Crippen molar-refractivity contribution in [2.45, 2.75) is 60.3 Å². The van der Waals surface area contributed by atoms with Crippen molar-refractivity contribution in [1.29, 1.82) is 0 Å². The molecule has 0 bridgehead atoms. The number of allylic oxidation sites excluding steroid dienone is 4. The van der Waals surface area contributed by atoms with E-state index in [2.05, 4.69) is 32.9 Å². The van der Waals surface area contributed by atoms with Crippen LogP contribution in [0.4, 0.5) is 0 Å². The zero-order valence-electron chi connectivity index (χ0n) is 14.6. The molecule has 0 rings (SSSR count). The molecular formula is C18H30O4. The van der Waals surface area contributed by atoms with Gasteiger partial charge in [0.25, 0.3) is 0 Å². The van der Waals surface area contributed by atoms with E-state index in [0.29, 0.717) is 12.8 Å². The molecule has 22 heavy (non-hydrogen) atoms. The molecule has 0 aromatic heterocycles. The van der Waals surface area contributed by atoms with Crippen LogP contribution in [0.3, 0.4) is 0 Å². The molecular weight excluding hydrogens is 280 g/mol. The predicted octanol–water partition coefficient (Wildman–Crippen LogP) is 4.20.